The second-order valence-electron chi connectivity index (χ2n) is 11.2. The van der Waals surface area contributed by atoms with E-state index in [-0.39, 0.29) is 38.4 Å². The predicted molar refractivity (Wildman–Crippen MR) is 181 cm³/mol. The first kappa shape index (κ1) is 36.7. The van der Waals surface area contributed by atoms with E-state index < -0.39 is 36.0 Å². The number of methoxy groups -OCH3 is 1. The van der Waals surface area contributed by atoms with E-state index in [2.05, 4.69) is 23.8 Å². The van der Waals surface area contributed by atoms with Crippen LogP contribution in [0.25, 0.3) is 0 Å². The van der Waals surface area contributed by atoms with Crippen LogP contribution in [0.4, 0.5) is 0 Å². The Hall–Kier alpha value is -4.73. The Morgan fingerprint density at radius 3 is 2.17 bits per heavy atom. The topological polar surface area (TPSA) is 123 Å². The van der Waals surface area contributed by atoms with Gasteiger partial charge in [-0.2, -0.15) is 0 Å². The minimum atomic E-state index is -0.815. The molecule has 4 atom stereocenters. The Morgan fingerprint density at radius 1 is 0.872 bits per heavy atom. The molecule has 9 nitrogen and oxygen atoms in total. The highest BCUT2D eigenvalue weighted by Gasteiger charge is 2.31. The number of aliphatic hydroxyl groups is 1. The lowest BCUT2D eigenvalue weighted by Crippen LogP contribution is -2.47. The molecule has 9 heteroatoms. The molecule has 2 amide bonds. The van der Waals surface area contributed by atoms with Crippen LogP contribution in [0.2, 0.25) is 0 Å². The molecule has 0 heterocycles. The molecule has 3 rings (SSSR count). The van der Waals surface area contributed by atoms with Crippen LogP contribution in [-0.4, -0.2) is 55.3 Å². The third-order valence-corrected chi connectivity index (χ3v) is 7.47. The summed E-state index contributed by atoms with van der Waals surface area (Å²) in [6.07, 6.45) is 3.52. The van der Waals surface area contributed by atoms with Gasteiger partial charge in [-0.1, -0.05) is 84.9 Å². The van der Waals surface area contributed by atoms with Gasteiger partial charge in [0.1, 0.15) is 18.5 Å². The van der Waals surface area contributed by atoms with Crippen LogP contribution in [0.15, 0.2) is 110 Å². The molecule has 0 saturated carbocycles. The van der Waals surface area contributed by atoms with Gasteiger partial charge >= 0.3 is 5.97 Å². The van der Waals surface area contributed by atoms with Gasteiger partial charge in [0.05, 0.1) is 31.2 Å². The van der Waals surface area contributed by atoms with Gasteiger partial charge in [-0.25, -0.2) is 0 Å². The van der Waals surface area contributed by atoms with E-state index in [1.165, 1.54) is 7.11 Å². The number of benzene rings is 3. The van der Waals surface area contributed by atoms with E-state index >= 15 is 0 Å². The molecular weight excluding hydrogens is 596 g/mol. The number of carbonyl (C=O) groups excluding carboxylic acids is 3. The van der Waals surface area contributed by atoms with Crippen LogP contribution in [-0.2, 0) is 36.9 Å². The second kappa shape index (κ2) is 20.4. The zero-order valence-electron chi connectivity index (χ0n) is 27.0. The number of rotatable bonds is 21. The van der Waals surface area contributed by atoms with Gasteiger partial charge in [-0.05, 0) is 48.1 Å². The molecule has 0 aliphatic heterocycles. The smallest absolute Gasteiger partial charge is 0.306 e. The van der Waals surface area contributed by atoms with Crippen molar-refractivity contribution in [1.29, 1.82) is 0 Å². The second-order valence-corrected chi connectivity index (χ2v) is 11.2. The van der Waals surface area contributed by atoms with Crippen molar-refractivity contribution in [3.8, 4) is 5.75 Å². The SMILES string of the molecule is C=CCCC(=O)O[C@@H](c1ccccc1)[C@H](COC)NC(=O)[C@H](CC=C)CC(=O)N[C@H](CO)Cc1ccc(OCc2ccccc2)cc1. The third kappa shape index (κ3) is 12.9. The molecule has 3 aromatic carbocycles. The lowest BCUT2D eigenvalue weighted by Gasteiger charge is -2.29. The summed E-state index contributed by atoms with van der Waals surface area (Å²) >= 11 is 0. The van der Waals surface area contributed by atoms with Crippen molar-refractivity contribution < 1.29 is 33.7 Å². The first-order valence-electron chi connectivity index (χ1n) is 15.8. The molecule has 0 saturated heterocycles. The lowest BCUT2D eigenvalue weighted by molar-refractivity contribution is -0.153. The fraction of sp³-hybridized carbons (Fsp3) is 0.342. The molecule has 0 spiro atoms. The van der Waals surface area contributed by atoms with Gasteiger partial charge in [0.15, 0.2) is 0 Å². The molecule has 0 aliphatic rings. The van der Waals surface area contributed by atoms with Gasteiger partial charge in [0, 0.05) is 20.0 Å². The average molecular weight is 643 g/mol. The van der Waals surface area contributed by atoms with Crippen LogP contribution >= 0.6 is 0 Å². The molecule has 0 aromatic heterocycles. The molecule has 0 bridgehead atoms. The minimum absolute atomic E-state index is 0.0652. The van der Waals surface area contributed by atoms with Crippen LogP contribution < -0.4 is 15.4 Å². The lowest BCUT2D eigenvalue weighted by atomic mass is 9.97. The normalized spacial score (nSPS) is 13.3. The first-order valence-corrected chi connectivity index (χ1v) is 15.8. The van der Waals surface area contributed by atoms with Gasteiger partial charge in [-0.3, -0.25) is 14.4 Å². The minimum Gasteiger partial charge on any atom is -0.489 e. The maximum Gasteiger partial charge on any atom is 0.306 e. The van der Waals surface area contributed by atoms with E-state index in [4.69, 9.17) is 14.2 Å². The van der Waals surface area contributed by atoms with Crippen LogP contribution in [0, 0.1) is 5.92 Å². The zero-order valence-corrected chi connectivity index (χ0v) is 27.0. The number of hydrogen-bond acceptors (Lipinski definition) is 7. The Balaban J connectivity index is 1.62. The van der Waals surface area contributed by atoms with Crippen molar-refractivity contribution in [2.24, 2.45) is 5.92 Å². The Bertz CT molecular complexity index is 1400. The van der Waals surface area contributed by atoms with E-state index in [0.29, 0.717) is 30.8 Å². The van der Waals surface area contributed by atoms with Crippen molar-refractivity contribution in [2.75, 3.05) is 20.3 Å². The van der Waals surface area contributed by atoms with E-state index in [9.17, 15) is 19.5 Å². The standard InChI is InChI=1S/C38H46N2O7/c1-4-6-18-36(43)47-37(30-16-11-8-12-17-30)34(27-45-3)40-38(44)31(13-5-2)24-35(42)39-32(25-41)23-28-19-21-33(22-20-28)46-26-29-14-9-7-10-15-29/h4-5,7-12,14-17,19-22,31-32,34,37,41H,1-2,6,13,18,23-27H2,3H3,(H,39,42)(H,40,44)/t31-,32+,34+,37+/m1/s1. The predicted octanol–water partition coefficient (Wildman–Crippen LogP) is 5.25. The van der Waals surface area contributed by atoms with Gasteiger partial charge < -0.3 is 30.0 Å². The monoisotopic (exact) mass is 642 g/mol. The molecule has 250 valence electrons. The van der Waals surface area contributed by atoms with Gasteiger partial charge in [0.2, 0.25) is 11.8 Å². The molecule has 3 aromatic rings. The number of hydrogen-bond donors (Lipinski definition) is 3. The van der Waals surface area contributed by atoms with Gasteiger partial charge in [-0.15, -0.1) is 13.2 Å². The number of esters is 1. The van der Waals surface area contributed by atoms with E-state index in [0.717, 1.165) is 11.1 Å². The highest BCUT2D eigenvalue weighted by molar-refractivity contribution is 5.86. The fourth-order valence-corrected chi connectivity index (χ4v) is 5.03. The summed E-state index contributed by atoms with van der Waals surface area (Å²) in [5.41, 5.74) is 2.67. The quantitative estimate of drug-likeness (QED) is 0.107. The third-order valence-electron chi connectivity index (χ3n) is 7.47. The van der Waals surface area contributed by atoms with E-state index in [1.54, 1.807) is 12.2 Å². The molecule has 47 heavy (non-hydrogen) atoms. The number of aliphatic hydroxyl groups excluding tert-OH is 1. The maximum absolute atomic E-state index is 13.6. The number of ether oxygens (including phenoxy) is 3. The van der Waals surface area contributed by atoms with Crippen LogP contribution in [0.3, 0.4) is 0 Å². The molecule has 0 fully saturated rings. The molecule has 0 radical (unpaired) electrons. The Morgan fingerprint density at radius 2 is 1.55 bits per heavy atom. The Labute approximate surface area is 277 Å². The first-order chi connectivity index (χ1) is 22.9. The van der Waals surface area contributed by atoms with Crippen molar-refractivity contribution in [3.63, 3.8) is 0 Å². The van der Waals surface area contributed by atoms with E-state index in [1.807, 2.05) is 84.9 Å². The summed E-state index contributed by atoms with van der Waals surface area (Å²) in [5, 5.41) is 15.8. The van der Waals surface area contributed by atoms with Crippen molar-refractivity contribution >= 4 is 17.8 Å². The zero-order chi connectivity index (χ0) is 33.9. The average Bonchev–Trinajstić information content (AvgIpc) is 3.09. The highest BCUT2D eigenvalue weighted by atomic mass is 16.5. The largest absolute Gasteiger partial charge is 0.489 e. The van der Waals surface area contributed by atoms with Crippen molar-refractivity contribution in [2.45, 2.75) is 56.9 Å². The summed E-state index contributed by atoms with van der Waals surface area (Å²) in [6, 6.07) is 25.2. The van der Waals surface area contributed by atoms with Gasteiger partial charge in [0.25, 0.3) is 0 Å². The summed E-state index contributed by atoms with van der Waals surface area (Å²) in [6.45, 7) is 7.66. The fourth-order valence-electron chi connectivity index (χ4n) is 5.03. The summed E-state index contributed by atoms with van der Waals surface area (Å²) in [5.74, 6) is -1.25. The highest BCUT2D eigenvalue weighted by Crippen LogP contribution is 2.24. The molecule has 0 aliphatic carbocycles. The summed E-state index contributed by atoms with van der Waals surface area (Å²) in [4.78, 5) is 39.3. The van der Waals surface area contributed by atoms with Crippen molar-refractivity contribution in [3.05, 3.63) is 127 Å². The number of allylic oxidation sites excluding steroid dienone is 2. The molecular formula is C38H46N2O7. The Kier molecular flexibility index (Phi) is 15.9. The number of nitrogens with one attached hydrogen (secondary N) is 2. The summed E-state index contributed by atoms with van der Waals surface area (Å²) in [7, 11) is 1.50. The number of carbonyl (C=O) groups is 3. The maximum atomic E-state index is 13.6. The summed E-state index contributed by atoms with van der Waals surface area (Å²) < 4.78 is 17.1. The van der Waals surface area contributed by atoms with Crippen LogP contribution in [0.1, 0.15) is 48.5 Å². The van der Waals surface area contributed by atoms with Crippen LogP contribution in [0.5, 0.6) is 5.75 Å². The number of amides is 2. The molecule has 3 N–H and O–H groups in total. The molecule has 0 unspecified atom stereocenters. The van der Waals surface area contributed by atoms with Crippen molar-refractivity contribution in [1.82, 2.24) is 10.6 Å².